The SMILES string of the molecule is NC1C2CCCC1CC(C(=O)N1CCc3ccc([N+](=O)[O-])cc3C1)C2. The molecule has 2 atom stereocenters. The fourth-order valence-corrected chi connectivity index (χ4v) is 5.09. The van der Waals surface area contributed by atoms with E-state index in [0.29, 0.717) is 24.9 Å². The highest BCUT2D eigenvalue weighted by Gasteiger charge is 2.41. The predicted molar refractivity (Wildman–Crippen MR) is 93.7 cm³/mol. The molecule has 0 saturated heterocycles. The summed E-state index contributed by atoms with van der Waals surface area (Å²) in [5, 5.41) is 11.0. The largest absolute Gasteiger partial charge is 0.338 e. The zero-order valence-electron chi connectivity index (χ0n) is 14.4. The second-order valence-electron chi connectivity index (χ2n) is 7.92. The van der Waals surface area contributed by atoms with Crippen LogP contribution in [0.5, 0.6) is 0 Å². The number of hydrogen-bond acceptors (Lipinski definition) is 4. The normalized spacial score (nSPS) is 31.3. The molecule has 0 radical (unpaired) electrons. The Morgan fingerprint density at radius 2 is 1.92 bits per heavy atom. The fraction of sp³-hybridized carbons (Fsp3) is 0.632. The van der Waals surface area contributed by atoms with E-state index >= 15 is 0 Å². The van der Waals surface area contributed by atoms with E-state index in [1.807, 2.05) is 11.0 Å². The molecular weight excluding hydrogens is 318 g/mol. The Balaban J connectivity index is 1.48. The molecule has 2 unspecified atom stereocenters. The number of nitrogens with zero attached hydrogens (tertiary/aromatic N) is 2. The molecule has 2 saturated carbocycles. The summed E-state index contributed by atoms with van der Waals surface area (Å²) in [4.78, 5) is 25.6. The summed E-state index contributed by atoms with van der Waals surface area (Å²) >= 11 is 0. The van der Waals surface area contributed by atoms with Crippen molar-refractivity contribution in [2.45, 2.75) is 51.1 Å². The lowest BCUT2D eigenvalue weighted by Gasteiger charge is -2.45. The second-order valence-corrected chi connectivity index (χ2v) is 7.92. The molecular formula is C19H25N3O3. The van der Waals surface area contributed by atoms with Crippen molar-refractivity contribution in [1.29, 1.82) is 0 Å². The van der Waals surface area contributed by atoms with Crippen molar-refractivity contribution in [2.24, 2.45) is 23.5 Å². The maximum Gasteiger partial charge on any atom is 0.269 e. The number of nitro benzene ring substituents is 1. The summed E-state index contributed by atoms with van der Waals surface area (Å²) in [7, 11) is 0. The van der Waals surface area contributed by atoms with Crippen molar-refractivity contribution in [3.63, 3.8) is 0 Å². The predicted octanol–water partition coefficient (Wildman–Crippen LogP) is 2.63. The number of rotatable bonds is 2. The highest BCUT2D eigenvalue weighted by molar-refractivity contribution is 5.79. The van der Waals surface area contributed by atoms with E-state index in [1.165, 1.54) is 6.42 Å². The van der Waals surface area contributed by atoms with Crippen LogP contribution in [0, 0.1) is 27.9 Å². The van der Waals surface area contributed by atoms with Crippen LogP contribution in [-0.2, 0) is 17.8 Å². The van der Waals surface area contributed by atoms with Crippen molar-refractivity contribution >= 4 is 11.6 Å². The van der Waals surface area contributed by atoms with Crippen molar-refractivity contribution < 1.29 is 9.72 Å². The van der Waals surface area contributed by atoms with Gasteiger partial charge in [-0.3, -0.25) is 14.9 Å². The van der Waals surface area contributed by atoms with Gasteiger partial charge in [0.15, 0.2) is 0 Å². The second kappa shape index (κ2) is 6.41. The van der Waals surface area contributed by atoms with Gasteiger partial charge in [0.2, 0.25) is 5.91 Å². The third kappa shape index (κ3) is 3.03. The summed E-state index contributed by atoms with van der Waals surface area (Å²) in [6.07, 6.45) is 6.14. The van der Waals surface area contributed by atoms with E-state index in [1.54, 1.807) is 12.1 Å². The first kappa shape index (κ1) is 16.5. The monoisotopic (exact) mass is 343 g/mol. The molecule has 1 aromatic carbocycles. The van der Waals surface area contributed by atoms with Crippen molar-refractivity contribution in [3.8, 4) is 0 Å². The molecule has 1 aliphatic heterocycles. The van der Waals surface area contributed by atoms with Crippen molar-refractivity contribution in [2.75, 3.05) is 6.54 Å². The Hall–Kier alpha value is -1.95. The van der Waals surface area contributed by atoms with E-state index in [9.17, 15) is 14.9 Å². The average Bonchev–Trinajstić information content (AvgIpc) is 2.60. The van der Waals surface area contributed by atoms with Crippen LogP contribution < -0.4 is 5.73 Å². The van der Waals surface area contributed by atoms with Crippen LogP contribution >= 0.6 is 0 Å². The Morgan fingerprint density at radius 1 is 1.20 bits per heavy atom. The van der Waals surface area contributed by atoms with E-state index in [4.69, 9.17) is 5.73 Å². The number of benzene rings is 1. The van der Waals surface area contributed by atoms with Gasteiger partial charge in [-0.15, -0.1) is 0 Å². The van der Waals surface area contributed by atoms with Gasteiger partial charge in [0, 0.05) is 37.2 Å². The molecule has 2 N–H and O–H groups in total. The van der Waals surface area contributed by atoms with Gasteiger partial charge in [-0.05, 0) is 55.1 Å². The third-order valence-corrected chi connectivity index (χ3v) is 6.49. The van der Waals surface area contributed by atoms with Gasteiger partial charge in [0.25, 0.3) is 5.69 Å². The Labute approximate surface area is 147 Å². The Kier molecular flexibility index (Phi) is 4.23. The number of fused-ring (bicyclic) bond motifs is 3. The fourth-order valence-electron chi connectivity index (χ4n) is 5.09. The van der Waals surface area contributed by atoms with Crippen LogP contribution in [0.1, 0.15) is 43.2 Å². The summed E-state index contributed by atoms with van der Waals surface area (Å²) < 4.78 is 0. The van der Waals surface area contributed by atoms with Gasteiger partial charge >= 0.3 is 0 Å². The first-order valence-electron chi connectivity index (χ1n) is 9.33. The minimum atomic E-state index is -0.370. The molecule has 6 heteroatoms. The molecule has 0 spiro atoms. The molecule has 25 heavy (non-hydrogen) atoms. The van der Waals surface area contributed by atoms with E-state index in [-0.39, 0.29) is 28.5 Å². The zero-order valence-corrected chi connectivity index (χ0v) is 14.4. The number of carbonyl (C=O) groups is 1. The lowest BCUT2D eigenvalue weighted by atomic mass is 9.65. The lowest BCUT2D eigenvalue weighted by molar-refractivity contribution is -0.385. The average molecular weight is 343 g/mol. The number of hydrogen-bond donors (Lipinski definition) is 1. The number of non-ortho nitro benzene ring substituents is 1. The van der Waals surface area contributed by atoms with E-state index in [2.05, 4.69) is 0 Å². The number of carbonyl (C=O) groups excluding carboxylic acids is 1. The quantitative estimate of drug-likeness (QED) is 0.660. The van der Waals surface area contributed by atoms with Crippen LogP contribution in [0.2, 0.25) is 0 Å². The molecule has 1 heterocycles. The maximum atomic E-state index is 13.1. The van der Waals surface area contributed by atoms with Gasteiger partial charge in [-0.25, -0.2) is 0 Å². The summed E-state index contributed by atoms with van der Waals surface area (Å²) in [5.74, 6) is 1.27. The maximum absolute atomic E-state index is 13.1. The van der Waals surface area contributed by atoms with E-state index in [0.717, 1.165) is 43.2 Å². The van der Waals surface area contributed by atoms with Gasteiger partial charge in [-0.2, -0.15) is 0 Å². The van der Waals surface area contributed by atoms with Crippen molar-refractivity contribution in [3.05, 3.63) is 39.4 Å². The zero-order chi connectivity index (χ0) is 17.6. The number of nitrogens with two attached hydrogens (primary N) is 1. The van der Waals surface area contributed by atoms with Crippen LogP contribution in [0.4, 0.5) is 5.69 Å². The molecule has 3 aliphatic rings. The molecule has 1 aromatic rings. The Bertz CT molecular complexity index is 691. The third-order valence-electron chi connectivity index (χ3n) is 6.49. The van der Waals surface area contributed by atoms with Crippen LogP contribution in [0.3, 0.4) is 0 Å². The molecule has 6 nitrogen and oxygen atoms in total. The van der Waals surface area contributed by atoms with Crippen LogP contribution in [0.25, 0.3) is 0 Å². The van der Waals surface area contributed by atoms with E-state index < -0.39 is 0 Å². The van der Waals surface area contributed by atoms with Crippen LogP contribution in [-0.4, -0.2) is 28.3 Å². The minimum Gasteiger partial charge on any atom is -0.338 e. The molecule has 2 bridgehead atoms. The van der Waals surface area contributed by atoms with Gasteiger partial charge in [0.1, 0.15) is 0 Å². The standard InChI is InChI=1S/C19H25N3O3/c20-18-13-2-1-3-14(18)9-15(8-13)19(23)21-7-6-12-4-5-17(22(24)25)10-16(12)11-21/h4-5,10,13-15,18H,1-3,6-9,11,20H2. The Morgan fingerprint density at radius 3 is 2.60 bits per heavy atom. The molecule has 4 rings (SSSR count). The van der Waals surface area contributed by atoms with Gasteiger partial charge < -0.3 is 10.6 Å². The number of nitro groups is 1. The smallest absolute Gasteiger partial charge is 0.269 e. The van der Waals surface area contributed by atoms with Gasteiger partial charge in [0.05, 0.1) is 4.92 Å². The highest BCUT2D eigenvalue weighted by Crippen LogP contribution is 2.42. The first-order valence-corrected chi connectivity index (χ1v) is 9.33. The topological polar surface area (TPSA) is 89.5 Å². The number of amides is 1. The lowest BCUT2D eigenvalue weighted by Crippen LogP contribution is -2.50. The summed E-state index contributed by atoms with van der Waals surface area (Å²) in [5.41, 5.74) is 8.49. The van der Waals surface area contributed by atoms with Crippen LogP contribution in [0.15, 0.2) is 18.2 Å². The van der Waals surface area contributed by atoms with Gasteiger partial charge in [-0.1, -0.05) is 12.5 Å². The molecule has 134 valence electrons. The molecule has 2 fully saturated rings. The first-order chi connectivity index (χ1) is 12.0. The molecule has 0 aromatic heterocycles. The summed E-state index contributed by atoms with van der Waals surface area (Å²) in [6, 6.07) is 5.28. The van der Waals surface area contributed by atoms with Crippen molar-refractivity contribution in [1.82, 2.24) is 4.90 Å². The summed E-state index contributed by atoms with van der Waals surface area (Å²) in [6.45, 7) is 1.20. The highest BCUT2D eigenvalue weighted by atomic mass is 16.6. The molecule has 2 aliphatic carbocycles. The molecule has 1 amide bonds. The minimum absolute atomic E-state index is 0.0790.